The van der Waals surface area contributed by atoms with Gasteiger partial charge in [0, 0.05) is 18.7 Å². The first-order chi connectivity index (χ1) is 6.90. The van der Waals surface area contributed by atoms with Gasteiger partial charge >= 0.3 is 0 Å². The Morgan fingerprint density at radius 2 is 2.20 bits per heavy atom. The van der Waals surface area contributed by atoms with E-state index in [2.05, 4.69) is 15.5 Å². The van der Waals surface area contributed by atoms with Crippen molar-refractivity contribution in [2.75, 3.05) is 13.3 Å². The highest BCUT2D eigenvalue weighted by Crippen LogP contribution is 2.04. The lowest BCUT2D eigenvalue weighted by Crippen LogP contribution is -2.23. The molecule has 1 rings (SSSR count). The van der Waals surface area contributed by atoms with Crippen molar-refractivity contribution in [3.05, 3.63) is 11.7 Å². The summed E-state index contributed by atoms with van der Waals surface area (Å²) in [7, 11) is -1.27. The summed E-state index contributed by atoms with van der Waals surface area (Å²) in [4.78, 5) is 3.99. The van der Waals surface area contributed by atoms with Crippen LogP contribution in [0.5, 0.6) is 0 Å². The number of likely N-dealkylation sites (N-methyl/N-ethyl adjacent to an activating group) is 1. The summed E-state index contributed by atoms with van der Waals surface area (Å²) in [6.45, 7) is 1.97. The summed E-state index contributed by atoms with van der Waals surface area (Å²) in [5.74, 6) is 0.496. The maximum atomic E-state index is 11.0. The molecule has 1 atom stereocenters. The van der Waals surface area contributed by atoms with Gasteiger partial charge in [-0.1, -0.05) is 5.16 Å². The maximum absolute atomic E-state index is 11.0. The molecule has 6 nitrogen and oxygen atoms in total. The summed E-state index contributed by atoms with van der Waals surface area (Å²) in [6.07, 6.45) is 1.73. The van der Waals surface area contributed by atoms with E-state index in [1.165, 1.54) is 0 Å². The number of rotatable bonds is 5. The van der Waals surface area contributed by atoms with Gasteiger partial charge in [0.15, 0.2) is 15.7 Å². The van der Waals surface area contributed by atoms with Crippen LogP contribution in [-0.2, 0) is 22.0 Å². The summed E-state index contributed by atoms with van der Waals surface area (Å²) >= 11 is 0. The Labute approximate surface area is 89.0 Å². The van der Waals surface area contributed by atoms with Crippen molar-refractivity contribution in [2.45, 2.75) is 25.1 Å². The van der Waals surface area contributed by atoms with E-state index in [-0.39, 0.29) is 17.6 Å². The zero-order valence-corrected chi connectivity index (χ0v) is 9.84. The van der Waals surface area contributed by atoms with Gasteiger partial charge in [-0.05, 0) is 14.0 Å². The second-order valence-corrected chi connectivity index (χ2v) is 5.71. The third kappa shape index (κ3) is 4.39. The van der Waals surface area contributed by atoms with Gasteiger partial charge in [-0.25, -0.2) is 8.42 Å². The molecule has 1 aromatic heterocycles. The Kier molecular flexibility index (Phi) is 3.81. The molecule has 0 spiro atoms. The van der Waals surface area contributed by atoms with Crippen molar-refractivity contribution in [2.24, 2.45) is 0 Å². The Morgan fingerprint density at radius 1 is 1.53 bits per heavy atom. The van der Waals surface area contributed by atoms with E-state index in [4.69, 9.17) is 4.52 Å². The molecule has 0 aliphatic heterocycles. The second-order valence-electron chi connectivity index (χ2n) is 3.57. The Balaban J connectivity index is 2.64. The van der Waals surface area contributed by atoms with Gasteiger partial charge in [-0.2, -0.15) is 4.98 Å². The van der Waals surface area contributed by atoms with E-state index in [9.17, 15) is 8.42 Å². The second kappa shape index (κ2) is 4.71. The lowest BCUT2D eigenvalue weighted by atomic mass is 10.2. The third-order valence-electron chi connectivity index (χ3n) is 1.88. The molecule has 0 saturated carbocycles. The van der Waals surface area contributed by atoms with Gasteiger partial charge in [0.25, 0.3) is 0 Å². The van der Waals surface area contributed by atoms with Gasteiger partial charge < -0.3 is 9.84 Å². The largest absolute Gasteiger partial charge is 0.339 e. The van der Waals surface area contributed by atoms with E-state index in [0.29, 0.717) is 12.3 Å². The minimum absolute atomic E-state index is 0.176. The van der Waals surface area contributed by atoms with E-state index in [1.807, 2.05) is 14.0 Å². The molecule has 0 radical (unpaired) electrons. The van der Waals surface area contributed by atoms with Crippen LogP contribution in [0.3, 0.4) is 0 Å². The lowest BCUT2D eigenvalue weighted by Gasteiger charge is -2.04. The number of nitrogens with one attached hydrogen (secondary N) is 1. The van der Waals surface area contributed by atoms with Gasteiger partial charge in [0.05, 0.1) is 0 Å². The van der Waals surface area contributed by atoms with E-state index in [1.54, 1.807) is 0 Å². The predicted molar refractivity (Wildman–Crippen MR) is 55.1 cm³/mol. The molecule has 0 saturated heterocycles. The van der Waals surface area contributed by atoms with Crippen LogP contribution in [0, 0.1) is 0 Å². The van der Waals surface area contributed by atoms with Gasteiger partial charge in [-0.15, -0.1) is 0 Å². The number of aromatic nitrogens is 2. The van der Waals surface area contributed by atoms with Crippen LogP contribution in [0.1, 0.15) is 18.6 Å². The standard InChI is InChI=1S/C8H15N3O3S/c1-6(9-2)4-8-10-7(11-14-8)5-15(3,12)13/h6,9H,4-5H2,1-3H3. The highest BCUT2D eigenvalue weighted by Gasteiger charge is 2.13. The maximum Gasteiger partial charge on any atom is 0.228 e. The number of hydrogen-bond donors (Lipinski definition) is 1. The van der Waals surface area contributed by atoms with E-state index in [0.717, 1.165) is 6.26 Å². The minimum Gasteiger partial charge on any atom is -0.339 e. The molecule has 0 aliphatic rings. The van der Waals surface area contributed by atoms with Crippen molar-refractivity contribution in [3.63, 3.8) is 0 Å². The highest BCUT2D eigenvalue weighted by molar-refractivity contribution is 7.89. The van der Waals surface area contributed by atoms with Crippen LogP contribution in [0.25, 0.3) is 0 Å². The van der Waals surface area contributed by atoms with Crippen LogP contribution in [-0.4, -0.2) is 37.9 Å². The summed E-state index contributed by atoms with van der Waals surface area (Å²) in [5, 5.41) is 6.62. The quantitative estimate of drug-likeness (QED) is 0.755. The van der Waals surface area contributed by atoms with E-state index >= 15 is 0 Å². The topological polar surface area (TPSA) is 85.1 Å². The molecule has 1 N–H and O–H groups in total. The Morgan fingerprint density at radius 3 is 2.73 bits per heavy atom. The molecule has 1 unspecified atom stereocenters. The number of sulfone groups is 1. The molecule has 86 valence electrons. The SMILES string of the molecule is CNC(C)Cc1nc(CS(C)(=O)=O)no1. The monoisotopic (exact) mass is 233 g/mol. The first kappa shape index (κ1) is 12.1. The normalized spacial score (nSPS) is 14.1. The fourth-order valence-electron chi connectivity index (χ4n) is 1.03. The van der Waals surface area contributed by atoms with Crippen LogP contribution in [0.4, 0.5) is 0 Å². The molecule has 1 aromatic rings. The third-order valence-corrected chi connectivity index (χ3v) is 2.66. The molecule has 0 amide bonds. The van der Waals surface area contributed by atoms with Crippen molar-refractivity contribution in [1.29, 1.82) is 0 Å². The molecular weight excluding hydrogens is 218 g/mol. The molecule has 15 heavy (non-hydrogen) atoms. The van der Waals surface area contributed by atoms with Crippen molar-refractivity contribution >= 4 is 9.84 Å². The Bertz CT molecular complexity index is 413. The molecule has 0 aliphatic carbocycles. The molecule has 0 bridgehead atoms. The van der Waals surface area contributed by atoms with Crippen molar-refractivity contribution in [3.8, 4) is 0 Å². The first-order valence-corrected chi connectivity index (χ1v) is 6.63. The molecule has 1 heterocycles. The zero-order chi connectivity index (χ0) is 11.5. The summed E-state index contributed by atoms with van der Waals surface area (Å²) in [5.41, 5.74) is 0. The van der Waals surface area contributed by atoms with Crippen LogP contribution in [0.2, 0.25) is 0 Å². The van der Waals surface area contributed by atoms with Crippen molar-refractivity contribution in [1.82, 2.24) is 15.5 Å². The summed E-state index contributed by atoms with van der Waals surface area (Å²) in [6, 6.07) is 0.219. The zero-order valence-electron chi connectivity index (χ0n) is 9.02. The Hall–Kier alpha value is -0.950. The first-order valence-electron chi connectivity index (χ1n) is 4.57. The van der Waals surface area contributed by atoms with Gasteiger partial charge in [0.2, 0.25) is 5.89 Å². The smallest absolute Gasteiger partial charge is 0.228 e. The average molecular weight is 233 g/mol. The highest BCUT2D eigenvalue weighted by atomic mass is 32.2. The predicted octanol–water partition coefficient (Wildman–Crippen LogP) is -0.235. The number of hydrogen-bond acceptors (Lipinski definition) is 6. The van der Waals surface area contributed by atoms with Crippen molar-refractivity contribution < 1.29 is 12.9 Å². The molecule has 7 heteroatoms. The van der Waals surface area contributed by atoms with Gasteiger partial charge in [-0.3, -0.25) is 0 Å². The van der Waals surface area contributed by atoms with Gasteiger partial charge in [0.1, 0.15) is 5.75 Å². The molecular formula is C8H15N3O3S. The van der Waals surface area contributed by atoms with Crippen LogP contribution >= 0.6 is 0 Å². The molecule has 0 aromatic carbocycles. The fraction of sp³-hybridized carbons (Fsp3) is 0.750. The van der Waals surface area contributed by atoms with Crippen LogP contribution < -0.4 is 5.32 Å². The fourth-order valence-corrected chi connectivity index (χ4v) is 1.62. The molecule has 0 fully saturated rings. The summed E-state index contributed by atoms with van der Waals surface area (Å²) < 4.78 is 26.8. The number of nitrogens with zero attached hydrogens (tertiary/aromatic N) is 2. The van der Waals surface area contributed by atoms with E-state index < -0.39 is 9.84 Å². The lowest BCUT2D eigenvalue weighted by molar-refractivity contribution is 0.361. The average Bonchev–Trinajstić information content (AvgIpc) is 2.49. The van der Waals surface area contributed by atoms with Crippen LogP contribution in [0.15, 0.2) is 4.52 Å². The minimum atomic E-state index is -3.10.